The number of rotatable bonds is 4. The third-order valence-electron chi connectivity index (χ3n) is 3.83. The SMILES string of the molecule is CCCC(NC(=O)N1CCC(C)CC1)c1cccs1. The fourth-order valence-corrected chi connectivity index (χ4v) is 3.33. The van der Waals surface area contributed by atoms with Gasteiger partial charge in [-0.3, -0.25) is 0 Å². The van der Waals surface area contributed by atoms with Gasteiger partial charge in [-0.2, -0.15) is 0 Å². The lowest BCUT2D eigenvalue weighted by atomic mass is 9.99. The minimum atomic E-state index is 0.110. The maximum atomic E-state index is 12.3. The quantitative estimate of drug-likeness (QED) is 0.887. The number of piperidine rings is 1. The van der Waals surface area contributed by atoms with Gasteiger partial charge in [-0.05, 0) is 36.6 Å². The van der Waals surface area contributed by atoms with Crippen molar-refractivity contribution in [3.63, 3.8) is 0 Å². The zero-order chi connectivity index (χ0) is 13.7. The van der Waals surface area contributed by atoms with E-state index in [2.05, 4.69) is 36.7 Å². The van der Waals surface area contributed by atoms with Crippen molar-refractivity contribution >= 4 is 17.4 Å². The van der Waals surface area contributed by atoms with Gasteiger partial charge >= 0.3 is 6.03 Å². The molecule has 2 amide bonds. The second-order valence-electron chi connectivity index (χ2n) is 5.48. The maximum absolute atomic E-state index is 12.3. The van der Waals surface area contributed by atoms with Crippen molar-refractivity contribution in [1.82, 2.24) is 10.2 Å². The molecule has 0 bridgehead atoms. The molecule has 2 heterocycles. The molecule has 0 spiro atoms. The molecule has 4 heteroatoms. The second-order valence-corrected chi connectivity index (χ2v) is 6.46. The molecule has 106 valence electrons. The molecule has 0 aromatic carbocycles. The summed E-state index contributed by atoms with van der Waals surface area (Å²) in [5.41, 5.74) is 0. The van der Waals surface area contributed by atoms with E-state index in [0.29, 0.717) is 0 Å². The van der Waals surface area contributed by atoms with E-state index in [0.717, 1.165) is 44.7 Å². The summed E-state index contributed by atoms with van der Waals surface area (Å²) in [6.45, 7) is 6.22. The van der Waals surface area contributed by atoms with E-state index in [9.17, 15) is 4.79 Å². The summed E-state index contributed by atoms with van der Waals surface area (Å²) in [5, 5.41) is 5.28. The van der Waals surface area contributed by atoms with Gasteiger partial charge in [0.1, 0.15) is 0 Å². The standard InChI is InChI=1S/C15H24N2OS/c1-3-5-13(14-6-4-11-19-14)16-15(18)17-9-7-12(2)8-10-17/h4,6,11-13H,3,5,7-10H2,1-2H3,(H,16,18). The molecule has 1 fully saturated rings. The van der Waals surface area contributed by atoms with Crippen molar-refractivity contribution in [1.29, 1.82) is 0 Å². The molecule has 1 saturated heterocycles. The Hall–Kier alpha value is -1.03. The van der Waals surface area contributed by atoms with Crippen molar-refractivity contribution in [2.45, 2.75) is 45.6 Å². The fraction of sp³-hybridized carbons (Fsp3) is 0.667. The Kier molecular flexibility index (Phi) is 5.25. The van der Waals surface area contributed by atoms with Gasteiger partial charge in [-0.15, -0.1) is 11.3 Å². The normalized spacial score (nSPS) is 18.3. The number of hydrogen-bond donors (Lipinski definition) is 1. The van der Waals surface area contributed by atoms with E-state index in [1.54, 1.807) is 11.3 Å². The highest BCUT2D eigenvalue weighted by molar-refractivity contribution is 7.10. The van der Waals surface area contributed by atoms with Gasteiger partial charge in [-0.25, -0.2) is 4.79 Å². The molecule has 0 saturated carbocycles. The predicted molar refractivity (Wildman–Crippen MR) is 80.5 cm³/mol. The van der Waals surface area contributed by atoms with E-state index in [4.69, 9.17) is 0 Å². The lowest BCUT2D eigenvalue weighted by Crippen LogP contribution is -2.45. The van der Waals surface area contributed by atoms with Crippen LogP contribution in [-0.4, -0.2) is 24.0 Å². The van der Waals surface area contributed by atoms with E-state index >= 15 is 0 Å². The summed E-state index contributed by atoms with van der Waals surface area (Å²) in [6.07, 6.45) is 4.35. The Balaban J connectivity index is 1.92. The zero-order valence-corrected chi connectivity index (χ0v) is 12.7. The fourth-order valence-electron chi connectivity index (χ4n) is 2.52. The molecule has 2 rings (SSSR count). The van der Waals surface area contributed by atoms with E-state index < -0.39 is 0 Å². The highest BCUT2D eigenvalue weighted by Gasteiger charge is 2.23. The number of nitrogens with zero attached hydrogens (tertiary/aromatic N) is 1. The molecule has 1 aromatic rings. The summed E-state index contributed by atoms with van der Waals surface area (Å²) >= 11 is 1.73. The van der Waals surface area contributed by atoms with Gasteiger partial charge in [-0.1, -0.05) is 26.3 Å². The molecule has 1 aromatic heterocycles. The van der Waals surface area contributed by atoms with Gasteiger partial charge in [0.15, 0.2) is 0 Å². The highest BCUT2D eigenvalue weighted by atomic mass is 32.1. The van der Waals surface area contributed by atoms with Crippen LogP contribution in [0, 0.1) is 5.92 Å². The van der Waals surface area contributed by atoms with E-state index in [1.807, 2.05) is 4.90 Å². The summed E-state index contributed by atoms with van der Waals surface area (Å²) in [7, 11) is 0. The van der Waals surface area contributed by atoms with Gasteiger partial charge < -0.3 is 10.2 Å². The summed E-state index contributed by atoms with van der Waals surface area (Å²) in [5.74, 6) is 0.757. The van der Waals surface area contributed by atoms with Crippen molar-refractivity contribution in [2.75, 3.05) is 13.1 Å². The molecule has 1 N–H and O–H groups in total. The first-order valence-electron chi connectivity index (χ1n) is 7.29. The number of urea groups is 1. The number of carbonyl (C=O) groups excluding carboxylic acids is 1. The largest absolute Gasteiger partial charge is 0.330 e. The molecule has 1 aliphatic rings. The lowest BCUT2D eigenvalue weighted by molar-refractivity contribution is 0.170. The number of thiophene rings is 1. The molecule has 3 nitrogen and oxygen atoms in total. The van der Waals surface area contributed by atoms with Crippen LogP contribution in [0.1, 0.15) is 50.4 Å². The highest BCUT2D eigenvalue weighted by Crippen LogP contribution is 2.24. The number of likely N-dealkylation sites (tertiary alicyclic amines) is 1. The lowest BCUT2D eigenvalue weighted by Gasteiger charge is -2.31. The van der Waals surface area contributed by atoms with Crippen LogP contribution >= 0.6 is 11.3 Å². The third kappa shape index (κ3) is 3.96. The molecule has 19 heavy (non-hydrogen) atoms. The Labute approximate surface area is 120 Å². The van der Waals surface area contributed by atoms with Gasteiger partial charge in [0.25, 0.3) is 0 Å². The molecular formula is C15H24N2OS. The number of nitrogens with one attached hydrogen (secondary N) is 1. The van der Waals surface area contributed by atoms with Crippen LogP contribution < -0.4 is 5.32 Å². The predicted octanol–water partition coefficient (Wildman–Crippen LogP) is 4.03. The van der Waals surface area contributed by atoms with E-state index in [1.165, 1.54) is 4.88 Å². The van der Waals surface area contributed by atoms with E-state index in [-0.39, 0.29) is 12.1 Å². The van der Waals surface area contributed by atoms with Crippen LogP contribution in [0.15, 0.2) is 17.5 Å². The van der Waals surface area contributed by atoms with Crippen molar-refractivity contribution in [3.8, 4) is 0 Å². The second kappa shape index (κ2) is 6.94. The summed E-state index contributed by atoms with van der Waals surface area (Å²) < 4.78 is 0. The first kappa shape index (κ1) is 14.4. The van der Waals surface area contributed by atoms with Crippen molar-refractivity contribution < 1.29 is 4.79 Å². The molecule has 0 radical (unpaired) electrons. The topological polar surface area (TPSA) is 32.3 Å². The van der Waals surface area contributed by atoms with Crippen LogP contribution in [0.2, 0.25) is 0 Å². The maximum Gasteiger partial charge on any atom is 0.317 e. The molecule has 1 aliphatic heterocycles. The Morgan fingerprint density at radius 1 is 1.53 bits per heavy atom. The summed E-state index contributed by atoms with van der Waals surface area (Å²) in [6, 6.07) is 4.46. The van der Waals surface area contributed by atoms with Crippen LogP contribution in [0.4, 0.5) is 4.79 Å². The van der Waals surface area contributed by atoms with Gasteiger partial charge in [0, 0.05) is 18.0 Å². The minimum Gasteiger partial charge on any atom is -0.330 e. The van der Waals surface area contributed by atoms with Crippen LogP contribution in [0.25, 0.3) is 0 Å². The monoisotopic (exact) mass is 280 g/mol. The van der Waals surface area contributed by atoms with Crippen LogP contribution in [0.3, 0.4) is 0 Å². The smallest absolute Gasteiger partial charge is 0.317 e. The van der Waals surface area contributed by atoms with Crippen molar-refractivity contribution in [3.05, 3.63) is 22.4 Å². The Bertz CT molecular complexity index is 383. The first-order chi connectivity index (χ1) is 9.20. The molecule has 1 atom stereocenters. The number of amides is 2. The number of hydrogen-bond acceptors (Lipinski definition) is 2. The van der Waals surface area contributed by atoms with Crippen LogP contribution in [0.5, 0.6) is 0 Å². The van der Waals surface area contributed by atoms with Crippen LogP contribution in [-0.2, 0) is 0 Å². The minimum absolute atomic E-state index is 0.110. The number of carbonyl (C=O) groups is 1. The molecule has 0 aliphatic carbocycles. The zero-order valence-electron chi connectivity index (χ0n) is 11.9. The Morgan fingerprint density at radius 2 is 2.26 bits per heavy atom. The first-order valence-corrected chi connectivity index (χ1v) is 8.17. The summed E-state index contributed by atoms with van der Waals surface area (Å²) in [4.78, 5) is 15.5. The molecule has 1 unspecified atom stereocenters. The Morgan fingerprint density at radius 3 is 2.84 bits per heavy atom. The van der Waals surface area contributed by atoms with Gasteiger partial charge in [0.05, 0.1) is 6.04 Å². The average Bonchev–Trinajstić information content (AvgIpc) is 2.92. The molecular weight excluding hydrogens is 256 g/mol. The van der Waals surface area contributed by atoms with Crippen molar-refractivity contribution in [2.24, 2.45) is 5.92 Å². The third-order valence-corrected chi connectivity index (χ3v) is 4.82. The average molecular weight is 280 g/mol. The van der Waals surface area contributed by atoms with Gasteiger partial charge in [0.2, 0.25) is 0 Å².